The highest BCUT2D eigenvalue weighted by Crippen LogP contribution is 2.36. The van der Waals surface area contributed by atoms with Crippen LogP contribution in [0.25, 0.3) is 20.8 Å². The van der Waals surface area contributed by atoms with Crippen molar-refractivity contribution in [1.82, 2.24) is 4.98 Å². The first kappa shape index (κ1) is 11.0. The van der Waals surface area contributed by atoms with Gasteiger partial charge in [-0.05, 0) is 36.8 Å². The summed E-state index contributed by atoms with van der Waals surface area (Å²) in [4.78, 5) is 4.53. The highest BCUT2D eigenvalue weighted by atomic mass is 32.1. The van der Waals surface area contributed by atoms with Crippen molar-refractivity contribution in [1.29, 1.82) is 0 Å². The Balaban J connectivity index is 2.19. The van der Waals surface area contributed by atoms with Crippen molar-refractivity contribution in [3.05, 3.63) is 42.0 Å². The summed E-state index contributed by atoms with van der Waals surface area (Å²) < 4.78 is 1.13. The zero-order valence-corrected chi connectivity index (χ0v) is 10.7. The average Bonchev–Trinajstić information content (AvgIpc) is 2.71. The molecular formula is C14H12N2OS. The molecule has 18 heavy (non-hydrogen) atoms. The molecule has 1 aromatic heterocycles. The lowest BCUT2D eigenvalue weighted by Crippen LogP contribution is -1.84. The predicted molar refractivity (Wildman–Crippen MR) is 75.9 cm³/mol. The molecule has 0 aliphatic rings. The maximum atomic E-state index is 9.91. The average molecular weight is 256 g/mol. The predicted octanol–water partition coefficient (Wildman–Crippen LogP) is 3.56. The van der Waals surface area contributed by atoms with Gasteiger partial charge >= 0.3 is 0 Å². The molecule has 0 saturated heterocycles. The van der Waals surface area contributed by atoms with Crippen molar-refractivity contribution in [2.45, 2.75) is 6.92 Å². The minimum Gasteiger partial charge on any atom is -0.507 e. The van der Waals surface area contributed by atoms with Gasteiger partial charge in [0, 0.05) is 11.8 Å². The topological polar surface area (TPSA) is 59.1 Å². The summed E-state index contributed by atoms with van der Waals surface area (Å²) in [6.07, 6.45) is 0. The second-order valence-electron chi connectivity index (χ2n) is 4.27. The summed E-state index contributed by atoms with van der Waals surface area (Å²) in [5.74, 6) is 0.172. The Morgan fingerprint density at radius 2 is 2.00 bits per heavy atom. The van der Waals surface area contributed by atoms with Crippen LogP contribution < -0.4 is 5.73 Å². The highest BCUT2D eigenvalue weighted by molar-refractivity contribution is 7.21. The molecule has 0 radical (unpaired) electrons. The van der Waals surface area contributed by atoms with E-state index in [-0.39, 0.29) is 5.75 Å². The molecule has 0 aliphatic heterocycles. The van der Waals surface area contributed by atoms with Crippen LogP contribution in [0, 0.1) is 6.92 Å². The lowest BCUT2D eigenvalue weighted by Gasteiger charge is -2.01. The summed E-state index contributed by atoms with van der Waals surface area (Å²) in [5.41, 5.74) is 9.06. The lowest BCUT2D eigenvalue weighted by molar-refractivity contribution is 0.477. The van der Waals surface area contributed by atoms with Gasteiger partial charge in [-0.3, -0.25) is 0 Å². The number of thiazole rings is 1. The first-order valence-corrected chi connectivity index (χ1v) is 6.41. The van der Waals surface area contributed by atoms with E-state index in [1.165, 1.54) is 5.56 Å². The smallest absolute Gasteiger partial charge is 0.128 e. The molecule has 0 fully saturated rings. The van der Waals surface area contributed by atoms with Gasteiger partial charge in [0.1, 0.15) is 10.8 Å². The van der Waals surface area contributed by atoms with Crippen molar-refractivity contribution in [2.24, 2.45) is 0 Å². The zero-order chi connectivity index (χ0) is 12.7. The molecule has 0 aliphatic carbocycles. The molecule has 1 heterocycles. The summed E-state index contributed by atoms with van der Waals surface area (Å²) in [7, 11) is 0. The zero-order valence-electron chi connectivity index (χ0n) is 9.84. The SMILES string of the molecule is Cc1ccc2nc(-c3ccc(N)cc3O)sc2c1. The van der Waals surface area contributed by atoms with Crippen LogP contribution in [0.4, 0.5) is 5.69 Å². The van der Waals surface area contributed by atoms with E-state index < -0.39 is 0 Å². The van der Waals surface area contributed by atoms with E-state index in [0.29, 0.717) is 5.69 Å². The number of phenolic OH excluding ortho intramolecular Hbond substituents is 1. The molecule has 90 valence electrons. The Bertz CT molecular complexity index is 734. The summed E-state index contributed by atoms with van der Waals surface area (Å²) in [6.45, 7) is 2.06. The van der Waals surface area contributed by atoms with Crippen LogP contribution in [-0.4, -0.2) is 10.1 Å². The minimum atomic E-state index is 0.172. The molecule has 3 rings (SSSR count). The fourth-order valence-electron chi connectivity index (χ4n) is 1.88. The summed E-state index contributed by atoms with van der Waals surface area (Å²) in [5, 5.41) is 10.7. The number of aromatic nitrogens is 1. The number of benzene rings is 2. The Morgan fingerprint density at radius 3 is 2.78 bits per heavy atom. The number of aryl methyl sites for hydroxylation is 1. The van der Waals surface area contributed by atoms with Gasteiger partial charge in [-0.1, -0.05) is 6.07 Å². The highest BCUT2D eigenvalue weighted by Gasteiger charge is 2.10. The second kappa shape index (κ2) is 3.99. The number of fused-ring (bicyclic) bond motifs is 1. The first-order chi connectivity index (χ1) is 8.63. The van der Waals surface area contributed by atoms with E-state index in [9.17, 15) is 5.11 Å². The molecule has 0 unspecified atom stereocenters. The molecule has 4 heteroatoms. The second-order valence-corrected chi connectivity index (χ2v) is 5.30. The quantitative estimate of drug-likeness (QED) is 0.654. The molecule has 2 aromatic carbocycles. The standard InChI is InChI=1S/C14H12N2OS/c1-8-2-5-11-13(6-8)18-14(16-11)10-4-3-9(15)7-12(10)17/h2-7,17H,15H2,1H3. The maximum absolute atomic E-state index is 9.91. The van der Waals surface area contributed by atoms with Crippen LogP contribution in [0.1, 0.15) is 5.56 Å². The third-order valence-corrected chi connectivity index (χ3v) is 3.85. The van der Waals surface area contributed by atoms with Gasteiger partial charge in [-0.25, -0.2) is 4.98 Å². The van der Waals surface area contributed by atoms with Gasteiger partial charge in [0.05, 0.1) is 15.8 Å². The van der Waals surface area contributed by atoms with Gasteiger partial charge in [0.25, 0.3) is 0 Å². The lowest BCUT2D eigenvalue weighted by atomic mass is 10.2. The normalized spacial score (nSPS) is 10.9. The van der Waals surface area contributed by atoms with Gasteiger partial charge in [-0.2, -0.15) is 0 Å². The number of hydrogen-bond donors (Lipinski definition) is 2. The van der Waals surface area contributed by atoms with E-state index >= 15 is 0 Å². The Hall–Kier alpha value is -2.07. The van der Waals surface area contributed by atoms with E-state index in [4.69, 9.17) is 5.73 Å². The van der Waals surface area contributed by atoms with E-state index in [1.807, 2.05) is 12.1 Å². The van der Waals surface area contributed by atoms with Crippen LogP contribution in [-0.2, 0) is 0 Å². The van der Waals surface area contributed by atoms with Crippen molar-refractivity contribution in [3.63, 3.8) is 0 Å². The molecule has 3 nitrogen and oxygen atoms in total. The van der Waals surface area contributed by atoms with E-state index in [1.54, 1.807) is 29.5 Å². The van der Waals surface area contributed by atoms with Crippen molar-refractivity contribution >= 4 is 27.2 Å². The molecule has 0 spiro atoms. The third kappa shape index (κ3) is 1.80. The number of hydrogen-bond acceptors (Lipinski definition) is 4. The van der Waals surface area contributed by atoms with Gasteiger partial charge in [0.15, 0.2) is 0 Å². The Labute approximate surface area is 109 Å². The molecular weight excluding hydrogens is 244 g/mol. The fourth-order valence-corrected chi connectivity index (χ4v) is 2.97. The first-order valence-electron chi connectivity index (χ1n) is 5.59. The van der Waals surface area contributed by atoms with Gasteiger partial charge in [-0.15, -0.1) is 11.3 Å². The monoisotopic (exact) mass is 256 g/mol. The van der Waals surface area contributed by atoms with Crippen LogP contribution in [0.15, 0.2) is 36.4 Å². The van der Waals surface area contributed by atoms with Crippen LogP contribution >= 0.6 is 11.3 Å². The van der Waals surface area contributed by atoms with Crippen molar-refractivity contribution in [2.75, 3.05) is 5.73 Å². The van der Waals surface area contributed by atoms with Crippen molar-refractivity contribution < 1.29 is 5.11 Å². The number of nitrogens with two attached hydrogens (primary N) is 1. The minimum absolute atomic E-state index is 0.172. The molecule has 0 amide bonds. The fraction of sp³-hybridized carbons (Fsp3) is 0.0714. The molecule has 3 aromatic rings. The number of nitrogens with zero attached hydrogens (tertiary/aromatic N) is 1. The number of rotatable bonds is 1. The molecule has 0 atom stereocenters. The number of nitrogen functional groups attached to an aromatic ring is 1. The maximum Gasteiger partial charge on any atom is 0.128 e. The Morgan fingerprint density at radius 1 is 1.17 bits per heavy atom. The summed E-state index contributed by atoms with van der Waals surface area (Å²) >= 11 is 1.57. The summed E-state index contributed by atoms with van der Waals surface area (Å²) in [6, 6.07) is 11.3. The van der Waals surface area contributed by atoms with Gasteiger partial charge < -0.3 is 10.8 Å². The molecule has 0 bridgehead atoms. The largest absolute Gasteiger partial charge is 0.507 e. The van der Waals surface area contributed by atoms with Crippen molar-refractivity contribution in [3.8, 4) is 16.3 Å². The molecule has 0 saturated carbocycles. The number of phenols is 1. The molecule has 3 N–H and O–H groups in total. The van der Waals surface area contributed by atoms with E-state index in [2.05, 4.69) is 18.0 Å². The number of aromatic hydroxyl groups is 1. The third-order valence-electron chi connectivity index (χ3n) is 2.80. The van der Waals surface area contributed by atoms with E-state index in [0.717, 1.165) is 20.8 Å². The van der Waals surface area contributed by atoms with Crippen LogP contribution in [0.5, 0.6) is 5.75 Å². The van der Waals surface area contributed by atoms with Crippen LogP contribution in [0.3, 0.4) is 0 Å². The number of anilines is 1. The van der Waals surface area contributed by atoms with Gasteiger partial charge in [0.2, 0.25) is 0 Å². The Kier molecular flexibility index (Phi) is 2.45. The van der Waals surface area contributed by atoms with Crippen LogP contribution in [0.2, 0.25) is 0 Å².